The molecule has 2 nitrogen and oxygen atoms in total. The van der Waals surface area contributed by atoms with E-state index in [0.29, 0.717) is 12.0 Å². The minimum absolute atomic E-state index is 0.309. The Labute approximate surface area is 127 Å². The summed E-state index contributed by atoms with van der Waals surface area (Å²) in [4.78, 5) is 0. The molecular weight excluding hydrogens is 258 g/mol. The van der Waals surface area contributed by atoms with Gasteiger partial charge in [-0.15, -0.1) is 0 Å². The molecule has 0 spiro atoms. The molecule has 1 aliphatic rings. The van der Waals surface area contributed by atoms with Gasteiger partial charge in [-0.3, -0.25) is 0 Å². The van der Waals surface area contributed by atoms with E-state index in [2.05, 4.69) is 48.6 Å². The fourth-order valence-electron chi connectivity index (χ4n) is 2.96. The third kappa shape index (κ3) is 3.45. The second-order valence-electron chi connectivity index (χ2n) is 6.11. The molecule has 2 heteroatoms. The topological polar surface area (TPSA) is 21.3 Å². The van der Waals surface area contributed by atoms with Crippen LogP contribution < -0.4 is 10.1 Å². The van der Waals surface area contributed by atoms with Crippen LogP contribution in [0.5, 0.6) is 5.75 Å². The van der Waals surface area contributed by atoms with Crippen molar-refractivity contribution >= 4 is 0 Å². The molecule has 0 bridgehead atoms. The molecule has 3 rings (SSSR count). The summed E-state index contributed by atoms with van der Waals surface area (Å²) in [5.74, 6) is 0.945. The van der Waals surface area contributed by atoms with Crippen molar-refractivity contribution in [3.05, 3.63) is 65.7 Å². The summed E-state index contributed by atoms with van der Waals surface area (Å²) in [5.41, 5.74) is 2.94. The van der Waals surface area contributed by atoms with Crippen molar-refractivity contribution in [1.29, 1.82) is 0 Å². The lowest BCUT2D eigenvalue weighted by Crippen LogP contribution is -2.37. The smallest absolute Gasteiger partial charge is 0.119 e. The molecule has 110 valence electrons. The Morgan fingerprint density at radius 3 is 2.29 bits per heavy atom. The summed E-state index contributed by atoms with van der Waals surface area (Å²) < 4.78 is 5.85. The molecule has 2 aromatic carbocycles. The van der Waals surface area contributed by atoms with Gasteiger partial charge in [-0.2, -0.15) is 0 Å². The summed E-state index contributed by atoms with van der Waals surface area (Å²) in [6.07, 6.45) is 2.41. The van der Waals surface area contributed by atoms with Gasteiger partial charge in [-0.25, -0.2) is 0 Å². The van der Waals surface area contributed by atoms with Crippen molar-refractivity contribution in [1.82, 2.24) is 5.32 Å². The van der Waals surface area contributed by atoms with E-state index in [4.69, 9.17) is 4.74 Å². The van der Waals surface area contributed by atoms with E-state index < -0.39 is 0 Å². The van der Waals surface area contributed by atoms with Crippen molar-refractivity contribution in [2.45, 2.75) is 31.8 Å². The third-order valence-corrected chi connectivity index (χ3v) is 4.51. The number of hydrogen-bond acceptors (Lipinski definition) is 2. The van der Waals surface area contributed by atoms with Gasteiger partial charge in [-0.05, 0) is 54.6 Å². The van der Waals surface area contributed by atoms with Gasteiger partial charge in [0.05, 0.1) is 0 Å². The summed E-state index contributed by atoms with van der Waals surface area (Å²) in [6, 6.07) is 18.9. The van der Waals surface area contributed by atoms with E-state index in [0.717, 1.165) is 18.8 Å². The number of nitrogens with one attached hydrogen (secondary N) is 1. The Balaban J connectivity index is 1.64. The number of ether oxygens (including phenoxy) is 1. The molecule has 0 aromatic heterocycles. The monoisotopic (exact) mass is 281 g/mol. The SMILES string of the molecule is CC1(c2ccc(OCc3ccccc3)cc2)CCNCC1. The fraction of sp³-hybridized carbons (Fsp3) is 0.368. The predicted octanol–water partition coefficient (Wildman–Crippen LogP) is 3.91. The Morgan fingerprint density at radius 2 is 1.62 bits per heavy atom. The Hall–Kier alpha value is -1.80. The molecule has 1 N–H and O–H groups in total. The highest BCUT2D eigenvalue weighted by Crippen LogP contribution is 2.33. The van der Waals surface area contributed by atoms with Crippen LogP contribution in [0.15, 0.2) is 54.6 Å². The van der Waals surface area contributed by atoms with Crippen LogP contribution in [-0.4, -0.2) is 13.1 Å². The first-order chi connectivity index (χ1) is 10.3. The minimum atomic E-state index is 0.309. The molecular formula is C19H23NO. The number of benzene rings is 2. The zero-order chi connectivity index (χ0) is 14.5. The maximum absolute atomic E-state index is 5.85. The zero-order valence-electron chi connectivity index (χ0n) is 12.6. The molecule has 2 aromatic rings. The van der Waals surface area contributed by atoms with Crippen LogP contribution in [-0.2, 0) is 12.0 Å². The van der Waals surface area contributed by atoms with E-state index in [9.17, 15) is 0 Å². The van der Waals surface area contributed by atoms with E-state index in [1.807, 2.05) is 18.2 Å². The molecule has 0 unspecified atom stereocenters. The predicted molar refractivity (Wildman–Crippen MR) is 86.7 cm³/mol. The molecule has 1 aliphatic heterocycles. The van der Waals surface area contributed by atoms with Gasteiger partial charge >= 0.3 is 0 Å². The van der Waals surface area contributed by atoms with Crippen molar-refractivity contribution in [2.75, 3.05) is 13.1 Å². The molecule has 0 saturated carbocycles. The van der Waals surface area contributed by atoms with Gasteiger partial charge in [0, 0.05) is 0 Å². The third-order valence-electron chi connectivity index (χ3n) is 4.51. The maximum atomic E-state index is 5.85. The molecule has 0 atom stereocenters. The summed E-state index contributed by atoms with van der Waals surface area (Å²) in [6.45, 7) is 5.22. The van der Waals surface area contributed by atoms with Crippen LogP contribution in [0, 0.1) is 0 Å². The maximum Gasteiger partial charge on any atom is 0.119 e. The van der Waals surface area contributed by atoms with Gasteiger partial charge < -0.3 is 10.1 Å². The van der Waals surface area contributed by atoms with Crippen molar-refractivity contribution in [3.8, 4) is 5.75 Å². The molecule has 21 heavy (non-hydrogen) atoms. The summed E-state index contributed by atoms with van der Waals surface area (Å²) in [7, 11) is 0. The zero-order valence-corrected chi connectivity index (χ0v) is 12.6. The van der Waals surface area contributed by atoms with Crippen LogP contribution in [0.2, 0.25) is 0 Å². The minimum Gasteiger partial charge on any atom is -0.489 e. The highest BCUT2D eigenvalue weighted by atomic mass is 16.5. The quantitative estimate of drug-likeness (QED) is 0.917. The molecule has 1 heterocycles. The lowest BCUT2D eigenvalue weighted by molar-refractivity contribution is 0.304. The average molecular weight is 281 g/mol. The molecule has 0 amide bonds. The van der Waals surface area contributed by atoms with Crippen LogP contribution in [0.25, 0.3) is 0 Å². The van der Waals surface area contributed by atoms with Crippen molar-refractivity contribution in [2.24, 2.45) is 0 Å². The van der Waals surface area contributed by atoms with E-state index >= 15 is 0 Å². The first-order valence-electron chi connectivity index (χ1n) is 7.74. The van der Waals surface area contributed by atoms with Gasteiger partial charge in [-0.1, -0.05) is 49.4 Å². The fourth-order valence-corrected chi connectivity index (χ4v) is 2.96. The normalized spacial score (nSPS) is 17.4. The first-order valence-corrected chi connectivity index (χ1v) is 7.74. The standard InChI is InChI=1S/C19H23NO/c1-19(11-13-20-14-12-19)17-7-9-18(10-8-17)21-15-16-5-3-2-4-6-16/h2-10,20H,11-15H2,1H3. The van der Waals surface area contributed by atoms with Crippen LogP contribution in [0.4, 0.5) is 0 Å². The van der Waals surface area contributed by atoms with Gasteiger partial charge in [0.2, 0.25) is 0 Å². The number of hydrogen-bond donors (Lipinski definition) is 1. The van der Waals surface area contributed by atoms with Crippen molar-refractivity contribution < 1.29 is 4.74 Å². The first kappa shape index (κ1) is 14.2. The Morgan fingerprint density at radius 1 is 0.952 bits per heavy atom. The van der Waals surface area contributed by atoms with Crippen molar-refractivity contribution in [3.63, 3.8) is 0 Å². The molecule has 0 radical (unpaired) electrons. The lowest BCUT2D eigenvalue weighted by Gasteiger charge is -2.34. The highest BCUT2D eigenvalue weighted by Gasteiger charge is 2.28. The van der Waals surface area contributed by atoms with Gasteiger partial charge in [0.15, 0.2) is 0 Å². The van der Waals surface area contributed by atoms with E-state index in [-0.39, 0.29) is 0 Å². The Bertz CT molecular complexity index is 556. The van der Waals surface area contributed by atoms with Gasteiger partial charge in [0.25, 0.3) is 0 Å². The second kappa shape index (κ2) is 6.31. The highest BCUT2D eigenvalue weighted by molar-refractivity contribution is 5.32. The average Bonchev–Trinajstić information content (AvgIpc) is 2.55. The van der Waals surface area contributed by atoms with Crippen LogP contribution >= 0.6 is 0 Å². The Kier molecular flexibility index (Phi) is 4.26. The molecule has 1 saturated heterocycles. The lowest BCUT2D eigenvalue weighted by atomic mass is 9.75. The largest absolute Gasteiger partial charge is 0.489 e. The van der Waals surface area contributed by atoms with Crippen LogP contribution in [0.1, 0.15) is 30.9 Å². The van der Waals surface area contributed by atoms with Crippen LogP contribution in [0.3, 0.4) is 0 Å². The summed E-state index contributed by atoms with van der Waals surface area (Å²) >= 11 is 0. The van der Waals surface area contributed by atoms with E-state index in [1.165, 1.54) is 24.0 Å². The summed E-state index contributed by atoms with van der Waals surface area (Å²) in [5, 5.41) is 3.43. The van der Waals surface area contributed by atoms with E-state index in [1.54, 1.807) is 0 Å². The second-order valence-corrected chi connectivity index (χ2v) is 6.11. The number of piperidine rings is 1. The molecule has 0 aliphatic carbocycles. The van der Waals surface area contributed by atoms with Gasteiger partial charge in [0.1, 0.15) is 12.4 Å². The molecule has 1 fully saturated rings. The number of rotatable bonds is 4.